The van der Waals surface area contributed by atoms with Crippen molar-refractivity contribution < 1.29 is 0 Å². The van der Waals surface area contributed by atoms with Crippen molar-refractivity contribution in [3.8, 4) is 0 Å². The Bertz CT molecular complexity index is 193. The number of piperidine rings is 1. The zero-order valence-electron chi connectivity index (χ0n) is 10.9. The van der Waals surface area contributed by atoms with Crippen molar-refractivity contribution in [2.24, 2.45) is 5.92 Å². The van der Waals surface area contributed by atoms with Crippen molar-refractivity contribution in [1.82, 2.24) is 15.1 Å². The second-order valence-electron chi connectivity index (χ2n) is 5.66. The lowest BCUT2D eigenvalue weighted by molar-refractivity contribution is 0.139. The normalized spacial score (nSPS) is 29.1. The van der Waals surface area contributed by atoms with Crippen molar-refractivity contribution in [1.29, 1.82) is 0 Å². The van der Waals surface area contributed by atoms with Crippen LogP contribution in [0.3, 0.4) is 0 Å². The second-order valence-corrected chi connectivity index (χ2v) is 5.66. The van der Waals surface area contributed by atoms with Crippen LogP contribution in [0.25, 0.3) is 0 Å². The first-order chi connectivity index (χ1) is 7.75. The van der Waals surface area contributed by atoms with Crippen molar-refractivity contribution in [2.75, 3.05) is 46.8 Å². The topological polar surface area (TPSA) is 18.5 Å². The minimum Gasteiger partial charge on any atom is -0.316 e. The highest BCUT2D eigenvalue weighted by atomic mass is 15.2. The van der Waals surface area contributed by atoms with Crippen LogP contribution in [0.1, 0.15) is 25.7 Å². The Morgan fingerprint density at radius 1 is 1.25 bits per heavy atom. The van der Waals surface area contributed by atoms with Crippen molar-refractivity contribution in [3.05, 3.63) is 0 Å². The molecular formula is C13H27N3. The summed E-state index contributed by atoms with van der Waals surface area (Å²) in [6.45, 7) is 6.34. The summed E-state index contributed by atoms with van der Waals surface area (Å²) in [7, 11) is 4.55. The third-order valence-corrected chi connectivity index (χ3v) is 4.36. The quantitative estimate of drug-likeness (QED) is 0.770. The van der Waals surface area contributed by atoms with E-state index in [1.165, 1.54) is 58.4 Å². The molecule has 0 amide bonds. The zero-order valence-corrected chi connectivity index (χ0v) is 10.9. The molecule has 3 nitrogen and oxygen atoms in total. The van der Waals surface area contributed by atoms with E-state index in [1.807, 2.05) is 0 Å². The fourth-order valence-electron chi connectivity index (χ4n) is 2.97. The summed E-state index contributed by atoms with van der Waals surface area (Å²) in [6, 6.07) is 0.838. The zero-order chi connectivity index (χ0) is 11.4. The minimum absolute atomic E-state index is 0.838. The molecule has 1 N–H and O–H groups in total. The lowest BCUT2D eigenvalue weighted by Gasteiger charge is -2.35. The number of hydrogen-bond donors (Lipinski definition) is 1. The van der Waals surface area contributed by atoms with Crippen LogP contribution in [0.5, 0.6) is 0 Å². The van der Waals surface area contributed by atoms with Crippen molar-refractivity contribution in [3.63, 3.8) is 0 Å². The van der Waals surface area contributed by atoms with E-state index < -0.39 is 0 Å². The van der Waals surface area contributed by atoms with Gasteiger partial charge in [-0.25, -0.2) is 0 Å². The molecule has 0 radical (unpaired) electrons. The third kappa shape index (κ3) is 3.44. The lowest BCUT2D eigenvalue weighted by Crippen LogP contribution is -2.42. The number of nitrogens with zero attached hydrogens (tertiary/aromatic N) is 2. The molecule has 0 aromatic rings. The highest BCUT2D eigenvalue weighted by Gasteiger charge is 2.21. The Hall–Kier alpha value is -0.120. The number of nitrogens with one attached hydrogen (secondary N) is 1. The third-order valence-electron chi connectivity index (χ3n) is 4.36. The van der Waals surface area contributed by atoms with Crippen molar-refractivity contribution in [2.45, 2.75) is 31.7 Å². The van der Waals surface area contributed by atoms with Gasteiger partial charge in [-0.05, 0) is 78.4 Å². The van der Waals surface area contributed by atoms with Crippen molar-refractivity contribution >= 4 is 0 Å². The van der Waals surface area contributed by atoms with Gasteiger partial charge in [-0.1, -0.05) is 0 Å². The van der Waals surface area contributed by atoms with E-state index in [2.05, 4.69) is 29.2 Å². The van der Waals surface area contributed by atoms with Crippen LogP contribution in [0, 0.1) is 5.92 Å². The number of rotatable bonds is 4. The minimum atomic E-state index is 0.838. The highest BCUT2D eigenvalue weighted by Crippen LogP contribution is 2.17. The molecule has 0 spiro atoms. The van der Waals surface area contributed by atoms with E-state index in [9.17, 15) is 0 Å². The first-order valence-electron chi connectivity index (χ1n) is 6.85. The maximum absolute atomic E-state index is 3.46. The first-order valence-corrected chi connectivity index (χ1v) is 6.85. The number of hydrogen-bond acceptors (Lipinski definition) is 3. The predicted octanol–water partition coefficient (Wildman–Crippen LogP) is 1.01. The molecule has 16 heavy (non-hydrogen) atoms. The molecule has 2 heterocycles. The molecule has 2 aliphatic heterocycles. The SMILES string of the molecule is CN1CCC(N(C)CCC2CCNC2)CC1. The molecule has 94 valence electrons. The molecule has 0 aromatic carbocycles. The fraction of sp³-hybridized carbons (Fsp3) is 1.00. The van der Waals surface area contributed by atoms with Crippen LogP contribution < -0.4 is 5.32 Å². The standard InChI is InChI=1S/C13H27N3/c1-15-8-5-13(6-9-15)16(2)10-4-12-3-7-14-11-12/h12-14H,3-11H2,1-2H3. The van der Waals surface area contributed by atoms with E-state index >= 15 is 0 Å². The van der Waals surface area contributed by atoms with Gasteiger partial charge in [-0.3, -0.25) is 0 Å². The van der Waals surface area contributed by atoms with E-state index in [-0.39, 0.29) is 0 Å². The molecule has 2 fully saturated rings. The number of likely N-dealkylation sites (tertiary alicyclic amines) is 1. The second kappa shape index (κ2) is 5.99. The van der Waals surface area contributed by atoms with Gasteiger partial charge in [-0.15, -0.1) is 0 Å². The van der Waals surface area contributed by atoms with Gasteiger partial charge in [0.1, 0.15) is 0 Å². The molecule has 1 atom stereocenters. The summed E-state index contributed by atoms with van der Waals surface area (Å²) >= 11 is 0. The van der Waals surface area contributed by atoms with Crippen LogP contribution in [0.2, 0.25) is 0 Å². The average Bonchev–Trinajstić information content (AvgIpc) is 2.80. The fourth-order valence-corrected chi connectivity index (χ4v) is 2.97. The highest BCUT2D eigenvalue weighted by molar-refractivity contribution is 4.78. The Balaban J connectivity index is 1.64. The van der Waals surface area contributed by atoms with E-state index in [1.54, 1.807) is 0 Å². The summed E-state index contributed by atoms with van der Waals surface area (Å²) in [6.07, 6.45) is 5.49. The summed E-state index contributed by atoms with van der Waals surface area (Å²) in [5, 5.41) is 3.46. The molecule has 0 saturated carbocycles. The molecule has 0 aromatic heterocycles. The summed E-state index contributed by atoms with van der Waals surface area (Å²) in [5.41, 5.74) is 0. The van der Waals surface area contributed by atoms with Crippen LogP contribution in [-0.4, -0.2) is 62.7 Å². The first kappa shape index (κ1) is 12.3. The predicted molar refractivity (Wildman–Crippen MR) is 68.7 cm³/mol. The van der Waals surface area contributed by atoms with Crippen LogP contribution in [-0.2, 0) is 0 Å². The molecule has 2 aliphatic rings. The molecule has 0 aliphatic carbocycles. The van der Waals surface area contributed by atoms with E-state index in [0.717, 1.165) is 12.0 Å². The molecule has 0 bridgehead atoms. The average molecular weight is 225 g/mol. The van der Waals surface area contributed by atoms with Gasteiger partial charge in [0.05, 0.1) is 0 Å². The van der Waals surface area contributed by atoms with Gasteiger partial charge >= 0.3 is 0 Å². The maximum Gasteiger partial charge on any atom is 0.0117 e. The molecule has 2 rings (SSSR count). The summed E-state index contributed by atoms with van der Waals surface area (Å²) in [5.74, 6) is 0.939. The van der Waals surface area contributed by atoms with Gasteiger partial charge in [0, 0.05) is 6.04 Å². The molecule has 3 heteroatoms. The maximum atomic E-state index is 3.46. The Labute approximate surface area is 100 Å². The molecule has 2 saturated heterocycles. The van der Waals surface area contributed by atoms with Gasteiger partial charge in [0.25, 0.3) is 0 Å². The van der Waals surface area contributed by atoms with Gasteiger partial charge in [0.15, 0.2) is 0 Å². The monoisotopic (exact) mass is 225 g/mol. The van der Waals surface area contributed by atoms with Crippen LogP contribution in [0.4, 0.5) is 0 Å². The van der Waals surface area contributed by atoms with E-state index in [0.29, 0.717) is 0 Å². The summed E-state index contributed by atoms with van der Waals surface area (Å²) < 4.78 is 0. The van der Waals surface area contributed by atoms with Gasteiger partial charge in [-0.2, -0.15) is 0 Å². The summed E-state index contributed by atoms with van der Waals surface area (Å²) in [4.78, 5) is 5.05. The van der Waals surface area contributed by atoms with Gasteiger partial charge < -0.3 is 15.1 Å². The Kier molecular flexibility index (Phi) is 4.62. The lowest BCUT2D eigenvalue weighted by atomic mass is 10.0. The van der Waals surface area contributed by atoms with E-state index in [4.69, 9.17) is 0 Å². The Morgan fingerprint density at radius 3 is 2.62 bits per heavy atom. The molecule has 1 unspecified atom stereocenters. The van der Waals surface area contributed by atoms with Crippen LogP contribution >= 0.6 is 0 Å². The Morgan fingerprint density at radius 2 is 2.00 bits per heavy atom. The largest absolute Gasteiger partial charge is 0.316 e. The smallest absolute Gasteiger partial charge is 0.0117 e. The van der Waals surface area contributed by atoms with Gasteiger partial charge in [0.2, 0.25) is 0 Å². The molecular weight excluding hydrogens is 198 g/mol. The van der Waals surface area contributed by atoms with Crippen LogP contribution in [0.15, 0.2) is 0 Å².